The van der Waals surface area contributed by atoms with Gasteiger partial charge in [0.05, 0.1) is 17.0 Å². The average molecular weight is 282 g/mol. The Balaban J connectivity index is 2.96. The molecule has 9 heteroatoms. The smallest absolute Gasteiger partial charge is 0.255 e. The maximum Gasteiger partial charge on any atom is 0.255 e. The zero-order valence-electron chi connectivity index (χ0n) is 8.86. The monoisotopic (exact) mass is 282 g/mol. The highest BCUT2D eigenvalue weighted by Gasteiger charge is 2.16. The zero-order valence-corrected chi connectivity index (χ0v) is 9.68. The molecule has 0 saturated carbocycles. The molecule has 0 aliphatic heterocycles. The molecule has 0 bridgehead atoms. The van der Waals surface area contributed by atoms with Crippen molar-refractivity contribution in [3.05, 3.63) is 29.6 Å². The first-order valence-electron chi connectivity index (χ1n) is 4.60. The molecule has 0 aliphatic rings. The summed E-state index contributed by atoms with van der Waals surface area (Å²) in [5.41, 5.74) is -0.539. The molecule has 1 amide bonds. The van der Waals surface area contributed by atoms with E-state index < -0.39 is 45.2 Å². The van der Waals surface area contributed by atoms with Gasteiger partial charge in [-0.1, -0.05) is 0 Å². The van der Waals surface area contributed by atoms with Gasteiger partial charge in [0, 0.05) is 0 Å². The maximum atomic E-state index is 13.4. The number of carbonyl (C=O) groups excluding carboxylic acids is 1. The lowest BCUT2D eigenvalue weighted by Crippen LogP contribution is -2.29. The summed E-state index contributed by atoms with van der Waals surface area (Å²) in [6, 6.07) is 2.32. The molecule has 1 aromatic carbocycles. The van der Waals surface area contributed by atoms with Gasteiger partial charge < -0.3 is 5.32 Å². The quantitative estimate of drug-likeness (QED) is 0.841. The molecule has 0 spiro atoms. The average Bonchev–Trinajstić information content (AvgIpc) is 2.24. The van der Waals surface area contributed by atoms with Gasteiger partial charge in [0.25, 0.3) is 12.3 Å². The highest BCUT2D eigenvalue weighted by Crippen LogP contribution is 2.13. The third-order valence-corrected chi connectivity index (χ3v) is 2.84. The number of alkyl halides is 2. The lowest BCUT2D eigenvalue weighted by molar-refractivity contribution is 0.0887. The number of nitrogens with two attached hydrogens (primary N) is 1. The molecule has 1 rings (SSSR count). The molecule has 0 aliphatic carbocycles. The molecule has 1 aromatic rings. The minimum Gasteiger partial charge on any atom is -0.346 e. The molecule has 0 saturated heterocycles. The summed E-state index contributed by atoms with van der Waals surface area (Å²) in [7, 11) is -4.09. The van der Waals surface area contributed by atoms with E-state index in [1.54, 1.807) is 5.32 Å². The number of hydrogen-bond acceptors (Lipinski definition) is 3. The lowest BCUT2D eigenvalue weighted by atomic mass is 10.2. The van der Waals surface area contributed by atoms with E-state index in [2.05, 4.69) is 0 Å². The van der Waals surface area contributed by atoms with Gasteiger partial charge in [0.1, 0.15) is 5.82 Å². The number of carbonyl (C=O) groups is 1. The molecule has 0 aromatic heterocycles. The number of benzene rings is 1. The normalized spacial score (nSPS) is 11.6. The highest BCUT2D eigenvalue weighted by atomic mass is 32.2. The predicted octanol–water partition coefficient (Wildman–Crippen LogP) is 0.468. The summed E-state index contributed by atoms with van der Waals surface area (Å²) in [4.78, 5) is 10.8. The molecule has 3 N–H and O–H groups in total. The van der Waals surface area contributed by atoms with Crippen molar-refractivity contribution in [1.29, 1.82) is 0 Å². The van der Waals surface area contributed by atoms with Gasteiger partial charge in [-0.3, -0.25) is 4.79 Å². The van der Waals surface area contributed by atoms with Crippen LogP contribution < -0.4 is 10.5 Å². The molecule has 5 nitrogen and oxygen atoms in total. The van der Waals surface area contributed by atoms with Crippen molar-refractivity contribution in [2.75, 3.05) is 6.54 Å². The fourth-order valence-corrected chi connectivity index (χ4v) is 1.65. The Kier molecular flexibility index (Phi) is 4.30. The first-order chi connectivity index (χ1) is 8.21. The van der Waals surface area contributed by atoms with Crippen molar-refractivity contribution in [3.8, 4) is 0 Å². The molecule has 0 radical (unpaired) electrons. The standard InChI is InChI=1S/C9H9F3N2O3S/c10-7-3-5(18(13,16)17)1-2-6(7)9(15)14-4-8(11)12/h1-3,8H,4H2,(H,14,15)(H2,13,16,17). The summed E-state index contributed by atoms with van der Waals surface area (Å²) >= 11 is 0. The number of sulfonamides is 1. The molecule has 100 valence electrons. The lowest BCUT2D eigenvalue weighted by Gasteiger charge is -2.06. The van der Waals surface area contributed by atoms with Crippen LogP contribution >= 0.6 is 0 Å². The Morgan fingerprint density at radius 3 is 2.44 bits per heavy atom. The van der Waals surface area contributed by atoms with Crippen molar-refractivity contribution < 1.29 is 26.4 Å². The number of primary sulfonamides is 1. The van der Waals surface area contributed by atoms with E-state index >= 15 is 0 Å². The van der Waals surface area contributed by atoms with Crippen LogP contribution in [0.3, 0.4) is 0 Å². The Bertz CT molecular complexity index is 560. The predicted molar refractivity (Wildman–Crippen MR) is 56.1 cm³/mol. The molecule has 18 heavy (non-hydrogen) atoms. The fraction of sp³-hybridized carbons (Fsp3) is 0.222. The first-order valence-corrected chi connectivity index (χ1v) is 6.15. The van der Waals surface area contributed by atoms with Crippen LogP contribution in [0, 0.1) is 5.82 Å². The second-order valence-electron chi connectivity index (χ2n) is 3.29. The van der Waals surface area contributed by atoms with Crippen LogP contribution in [0.4, 0.5) is 13.2 Å². The number of amides is 1. The Hall–Kier alpha value is -1.61. The van der Waals surface area contributed by atoms with Gasteiger partial charge in [-0.05, 0) is 18.2 Å². The van der Waals surface area contributed by atoms with E-state index in [9.17, 15) is 26.4 Å². The van der Waals surface area contributed by atoms with Crippen molar-refractivity contribution in [3.63, 3.8) is 0 Å². The molecular weight excluding hydrogens is 273 g/mol. The van der Waals surface area contributed by atoms with Crippen LogP contribution in [0.2, 0.25) is 0 Å². The van der Waals surface area contributed by atoms with E-state index in [1.807, 2.05) is 0 Å². The summed E-state index contributed by atoms with van der Waals surface area (Å²) < 4.78 is 58.8. The van der Waals surface area contributed by atoms with Gasteiger partial charge in [-0.15, -0.1) is 0 Å². The summed E-state index contributed by atoms with van der Waals surface area (Å²) in [6.07, 6.45) is -2.76. The van der Waals surface area contributed by atoms with E-state index in [1.165, 1.54) is 0 Å². The molecule has 0 fully saturated rings. The minimum atomic E-state index is -4.09. The zero-order chi connectivity index (χ0) is 13.9. The third kappa shape index (κ3) is 3.70. The Morgan fingerprint density at radius 1 is 1.39 bits per heavy atom. The van der Waals surface area contributed by atoms with Crippen LogP contribution in [-0.4, -0.2) is 27.3 Å². The summed E-state index contributed by atoms with van der Waals surface area (Å²) in [6.45, 7) is -0.921. The van der Waals surface area contributed by atoms with Gasteiger partial charge in [-0.2, -0.15) is 0 Å². The largest absolute Gasteiger partial charge is 0.346 e. The van der Waals surface area contributed by atoms with Crippen LogP contribution in [0.15, 0.2) is 23.1 Å². The highest BCUT2D eigenvalue weighted by molar-refractivity contribution is 7.89. The SMILES string of the molecule is NS(=O)(=O)c1ccc(C(=O)NCC(F)F)c(F)c1. The summed E-state index contributed by atoms with van der Waals surface area (Å²) in [5.74, 6) is -2.22. The fourth-order valence-electron chi connectivity index (χ4n) is 1.12. The third-order valence-electron chi connectivity index (χ3n) is 1.93. The van der Waals surface area contributed by atoms with Crippen LogP contribution in [-0.2, 0) is 10.0 Å². The van der Waals surface area contributed by atoms with E-state index in [-0.39, 0.29) is 0 Å². The second-order valence-corrected chi connectivity index (χ2v) is 4.85. The van der Waals surface area contributed by atoms with Gasteiger partial charge >= 0.3 is 0 Å². The van der Waals surface area contributed by atoms with Gasteiger partial charge in [0.15, 0.2) is 0 Å². The van der Waals surface area contributed by atoms with Crippen LogP contribution in [0.5, 0.6) is 0 Å². The van der Waals surface area contributed by atoms with Crippen molar-refractivity contribution >= 4 is 15.9 Å². The van der Waals surface area contributed by atoms with E-state index in [0.717, 1.165) is 12.1 Å². The number of nitrogens with one attached hydrogen (secondary N) is 1. The van der Waals surface area contributed by atoms with Gasteiger partial charge in [0.2, 0.25) is 10.0 Å². The molecule has 0 atom stereocenters. The first kappa shape index (κ1) is 14.5. The topological polar surface area (TPSA) is 89.3 Å². The van der Waals surface area contributed by atoms with E-state index in [0.29, 0.717) is 6.07 Å². The Morgan fingerprint density at radius 2 is 2.00 bits per heavy atom. The second kappa shape index (κ2) is 5.36. The van der Waals surface area contributed by atoms with Crippen molar-refractivity contribution in [2.24, 2.45) is 5.14 Å². The number of hydrogen-bond donors (Lipinski definition) is 2. The molecule has 0 unspecified atom stereocenters. The molecule has 0 heterocycles. The minimum absolute atomic E-state index is 0.509. The number of rotatable bonds is 4. The summed E-state index contributed by atoms with van der Waals surface area (Å²) in [5, 5.41) is 6.54. The van der Waals surface area contributed by atoms with Crippen LogP contribution in [0.25, 0.3) is 0 Å². The maximum absolute atomic E-state index is 13.4. The van der Waals surface area contributed by atoms with Crippen molar-refractivity contribution in [2.45, 2.75) is 11.3 Å². The van der Waals surface area contributed by atoms with Gasteiger partial charge in [-0.25, -0.2) is 26.7 Å². The molecular formula is C9H9F3N2O3S. The van der Waals surface area contributed by atoms with E-state index in [4.69, 9.17) is 5.14 Å². The Labute approximate surface area is 101 Å². The number of halogens is 3. The van der Waals surface area contributed by atoms with Crippen LogP contribution in [0.1, 0.15) is 10.4 Å². The van der Waals surface area contributed by atoms with Crippen molar-refractivity contribution in [1.82, 2.24) is 5.32 Å².